The van der Waals surface area contributed by atoms with Gasteiger partial charge in [-0.05, 0) is 0 Å². The summed E-state index contributed by atoms with van der Waals surface area (Å²) in [4.78, 5) is 2.15. The quantitative estimate of drug-likeness (QED) is 0.602. The Hall–Kier alpha value is 0.280. The second-order valence-corrected chi connectivity index (χ2v) is 5.90. The molecule has 0 aromatic heterocycles. The molecule has 7 heavy (non-hydrogen) atoms. The SMILES string of the molecule is C[Te+]C(C)(C)C#N. The van der Waals surface area contributed by atoms with Gasteiger partial charge in [-0.1, -0.05) is 0 Å². The van der Waals surface area contributed by atoms with Gasteiger partial charge in [0, 0.05) is 0 Å². The fourth-order valence-electron chi connectivity index (χ4n) is 0.0456. The number of hydrogen-bond donors (Lipinski definition) is 0. The monoisotopic (exact) mass is 213 g/mol. The molecule has 0 spiro atoms. The van der Waals surface area contributed by atoms with Crippen molar-refractivity contribution in [2.45, 2.75) is 22.3 Å². The Labute approximate surface area is 54.8 Å². The summed E-state index contributed by atoms with van der Waals surface area (Å²) in [7, 11) is 0. The summed E-state index contributed by atoms with van der Waals surface area (Å²) >= 11 is -0.0518. The molecular formula is C5H9NTe+. The van der Waals surface area contributed by atoms with Crippen LogP contribution in [0.2, 0.25) is 8.43 Å². The summed E-state index contributed by atoms with van der Waals surface area (Å²) in [6.45, 7) is 3.99. The maximum absolute atomic E-state index is 8.38. The summed E-state index contributed by atoms with van der Waals surface area (Å²) in [5.41, 5.74) is 0. The number of rotatable bonds is 1. The van der Waals surface area contributed by atoms with Gasteiger partial charge in [0.25, 0.3) is 0 Å². The van der Waals surface area contributed by atoms with E-state index < -0.39 is 0 Å². The molecule has 0 aliphatic rings. The molecule has 2 heteroatoms. The molecule has 0 rings (SSSR count). The summed E-state index contributed by atoms with van der Waals surface area (Å²) in [6, 6.07) is 2.25. The number of nitriles is 1. The van der Waals surface area contributed by atoms with Gasteiger partial charge in [-0.25, -0.2) is 0 Å². The summed E-state index contributed by atoms with van der Waals surface area (Å²) in [5.74, 6) is 0. The molecule has 1 radical (unpaired) electrons. The zero-order valence-corrected chi connectivity index (χ0v) is 7.19. The van der Waals surface area contributed by atoms with Crippen molar-refractivity contribution >= 4 is 20.9 Å². The van der Waals surface area contributed by atoms with Crippen LogP contribution >= 0.6 is 0 Å². The normalized spacial score (nSPS) is 10.6. The van der Waals surface area contributed by atoms with Crippen molar-refractivity contribution in [3.05, 3.63) is 0 Å². The van der Waals surface area contributed by atoms with Gasteiger partial charge in [-0.15, -0.1) is 0 Å². The Morgan fingerprint density at radius 2 is 2.00 bits per heavy atom. The minimum absolute atomic E-state index is 0.0189. The average Bonchev–Trinajstić information content (AvgIpc) is 1.68. The zero-order valence-electron chi connectivity index (χ0n) is 4.86. The molecule has 0 unspecified atom stereocenters. The van der Waals surface area contributed by atoms with Gasteiger partial charge in [0.2, 0.25) is 0 Å². The van der Waals surface area contributed by atoms with Crippen LogP contribution in [0.3, 0.4) is 0 Å². The van der Waals surface area contributed by atoms with Crippen molar-refractivity contribution in [1.82, 2.24) is 0 Å². The van der Waals surface area contributed by atoms with E-state index >= 15 is 0 Å². The van der Waals surface area contributed by atoms with Crippen LogP contribution in [0.1, 0.15) is 13.8 Å². The van der Waals surface area contributed by atoms with E-state index in [2.05, 4.69) is 11.0 Å². The van der Waals surface area contributed by atoms with E-state index in [4.69, 9.17) is 5.26 Å². The van der Waals surface area contributed by atoms with E-state index in [0.717, 1.165) is 0 Å². The standard InChI is InChI=1S/C5H9NTe/c1-5(2,4-6)7-3/h1-3H3/q+1. The molecule has 0 atom stereocenters. The molecule has 1 nitrogen and oxygen atoms in total. The van der Waals surface area contributed by atoms with Crippen molar-refractivity contribution in [2.24, 2.45) is 0 Å². The molecule has 0 heterocycles. The Morgan fingerprint density at radius 1 is 1.57 bits per heavy atom. The Kier molecular flexibility index (Phi) is 2.66. The van der Waals surface area contributed by atoms with Gasteiger partial charge in [0.05, 0.1) is 0 Å². The fourth-order valence-corrected chi connectivity index (χ4v) is 0.306. The first-order valence-corrected chi connectivity index (χ1v) is 5.58. The second-order valence-electron chi connectivity index (χ2n) is 1.83. The fraction of sp³-hybridized carbons (Fsp3) is 0.800. The van der Waals surface area contributed by atoms with Crippen molar-refractivity contribution in [3.63, 3.8) is 0 Å². The summed E-state index contributed by atoms with van der Waals surface area (Å²) < 4.78 is 0.0189. The van der Waals surface area contributed by atoms with E-state index in [1.807, 2.05) is 13.8 Å². The second kappa shape index (κ2) is 2.55. The maximum atomic E-state index is 8.38. The van der Waals surface area contributed by atoms with Crippen LogP contribution in [0.25, 0.3) is 0 Å². The van der Waals surface area contributed by atoms with Crippen molar-refractivity contribution < 1.29 is 0 Å². The molecular weight excluding hydrogens is 202 g/mol. The van der Waals surface area contributed by atoms with Crippen LogP contribution in [0.4, 0.5) is 0 Å². The number of nitrogens with zero attached hydrogens (tertiary/aromatic N) is 1. The van der Waals surface area contributed by atoms with Crippen LogP contribution in [0, 0.1) is 11.3 Å². The Bertz CT molecular complexity index is 90.7. The predicted octanol–water partition coefficient (Wildman–Crippen LogP) is 1.46. The minimum atomic E-state index is -0.0518. The Morgan fingerprint density at radius 3 is 2.00 bits per heavy atom. The molecule has 0 saturated carbocycles. The molecule has 0 aliphatic heterocycles. The van der Waals surface area contributed by atoms with Crippen LogP contribution in [0.5, 0.6) is 0 Å². The Balaban J connectivity index is 3.66. The topological polar surface area (TPSA) is 23.8 Å². The van der Waals surface area contributed by atoms with Crippen molar-refractivity contribution in [1.29, 1.82) is 5.26 Å². The van der Waals surface area contributed by atoms with E-state index in [1.54, 1.807) is 0 Å². The zero-order chi connectivity index (χ0) is 5.91. The molecule has 39 valence electrons. The van der Waals surface area contributed by atoms with E-state index in [9.17, 15) is 0 Å². The molecule has 0 saturated heterocycles. The van der Waals surface area contributed by atoms with Crippen LogP contribution in [0.15, 0.2) is 0 Å². The molecule has 0 bridgehead atoms. The molecule has 0 aliphatic carbocycles. The molecule has 0 aromatic carbocycles. The molecule has 0 amide bonds. The first-order chi connectivity index (χ1) is 3.12. The molecule has 0 aromatic rings. The van der Waals surface area contributed by atoms with Crippen LogP contribution < -0.4 is 0 Å². The summed E-state index contributed by atoms with van der Waals surface area (Å²) in [6.07, 6.45) is 0. The van der Waals surface area contributed by atoms with Gasteiger partial charge < -0.3 is 0 Å². The average molecular weight is 211 g/mol. The third kappa shape index (κ3) is 2.92. The predicted molar refractivity (Wildman–Crippen MR) is 31.3 cm³/mol. The molecule has 0 fully saturated rings. The van der Waals surface area contributed by atoms with Gasteiger partial charge >= 0.3 is 54.5 Å². The van der Waals surface area contributed by atoms with Gasteiger partial charge in [0.15, 0.2) is 0 Å². The van der Waals surface area contributed by atoms with Crippen molar-refractivity contribution in [3.8, 4) is 6.07 Å². The first-order valence-electron chi connectivity index (χ1n) is 2.09. The van der Waals surface area contributed by atoms with Gasteiger partial charge in [-0.3, -0.25) is 0 Å². The van der Waals surface area contributed by atoms with E-state index in [1.165, 1.54) is 0 Å². The van der Waals surface area contributed by atoms with Gasteiger partial charge in [0.1, 0.15) is 0 Å². The third-order valence-corrected chi connectivity index (χ3v) is 3.95. The summed E-state index contributed by atoms with van der Waals surface area (Å²) in [5, 5.41) is 8.38. The third-order valence-electron chi connectivity index (χ3n) is 0.780. The van der Waals surface area contributed by atoms with Crippen LogP contribution in [-0.2, 0) is 0 Å². The van der Waals surface area contributed by atoms with Gasteiger partial charge in [-0.2, -0.15) is 0 Å². The first kappa shape index (κ1) is 7.28. The van der Waals surface area contributed by atoms with Crippen LogP contribution in [-0.4, -0.2) is 20.9 Å². The van der Waals surface area contributed by atoms with Crippen molar-refractivity contribution in [2.75, 3.05) is 0 Å². The molecule has 0 N–H and O–H groups in total. The van der Waals surface area contributed by atoms with E-state index in [0.29, 0.717) is 0 Å². The number of hydrogen-bond acceptors (Lipinski definition) is 1. The van der Waals surface area contributed by atoms with E-state index in [-0.39, 0.29) is 24.4 Å².